The van der Waals surface area contributed by atoms with Crippen molar-refractivity contribution in [3.8, 4) is 5.75 Å². The molecule has 1 amide bonds. The summed E-state index contributed by atoms with van der Waals surface area (Å²) >= 11 is 0. The van der Waals surface area contributed by atoms with Crippen LogP contribution in [0.1, 0.15) is 59.4 Å². The van der Waals surface area contributed by atoms with E-state index in [9.17, 15) is 14.7 Å². The zero-order valence-corrected chi connectivity index (χ0v) is 20.3. The van der Waals surface area contributed by atoms with Gasteiger partial charge in [-0.3, -0.25) is 14.5 Å². The van der Waals surface area contributed by atoms with Gasteiger partial charge in [0.2, 0.25) is 0 Å². The lowest BCUT2D eigenvalue weighted by molar-refractivity contribution is -0.132. The summed E-state index contributed by atoms with van der Waals surface area (Å²) in [6.07, 6.45) is 1.49. The second kappa shape index (κ2) is 8.86. The predicted octanol–water partition coefficient (Wildman–Crippen LogP) is 5.96. The Morgan fingerprint density at radius 2 is 1.76 bits per heavy atom. The highest BCUT2D eigenvalue weighted by molar-refractivity contribution is 6.51. The topological polar surface area (TPSA) is 80.0 Å². The highest BCUT2D eigenvalue weighted by Crippen LogP contribution is 2.43. The Kier molecular flexibility index (Phi) is 6.09. The van der Waals surface area contributed by atoms with E-state index in [0.29, 0.717) is 22.8 Å². The molecule has 3 aromatic rings. The van der Waals surface area contributed by atoms with Crippen molar-refractivity contribution in [1.29, 1.82) is 0 Å². The third kappa shape index (κ3) is 3.79. The Labute approximate surface area is 199 Å². The van der Waals surface area contributed by atoms with E-state index in [1.165, 1.54) is 11.2 Å². The van der Waals surface area contributed by atoms with E-state index in [1.807, 2.05) is 58.9 Å². The number of hydrogen-bond acceptors (Lipinski definition) is 5. The molecule has 1 fully saturated rings. The van der Waals surface area contributed by atoms with Gasteiger partial charge in [0.25, 0.3) is 11.7 Å². The molecule has 4 rings (SSSR count). The maximum atomic E-state index is 13.3. The molecule has 1 N–H and O–H groups in total. The van der Waals surface area contributed by atoms with Crippen molar-refractivity contribution < 1.29 is 23.8 Å². The molecule has 1 atom stereocenters. The Morgan fingerprint density at radius 1 is 1.03 bits per heavy atom. The number of furan rings is 1. The van der Waals surface area contributed by atoms with Gasteiger partial charge in [-0.1, -0.05) is 19.9 Å². The quantitative estimate of drug-likeness (QED) is 0.289. The number of aliphatic hydroxyl groups excluding tert-OH is 1. The van der Waals surface area contributed by atoms with E-state index < -0.39 is 17.7 Å². The number of benzene rings is 2. The summed E-state index contributed by atoms with van der Waals surface area (Å²) in [6, 6.07) is 11.8. The summed E-state index contributed by atoms with van der Waals surface area (Å²) in [7, 11) is 1.60. The van der Waals surface area contributed by atoms with E-state index in [0.717, 1.165) is 22.3 Å². The van der Waals surface area contributed by atoms with Crippen LogP contribution in [0.25, 0.3) is 5.76 Å². The van der Waals surface area contributed by atoms with Crippen LogP contribution >= 0.6 is 0 Å². The maximum absolute atomic E-state index is 13.3. The van der Waals surface area contributed by atoms with E-state index in [4.69, 9.17) is 9.15 Å². The van der Waals surface area contributed by atoms with E-state index >= 15 is 0 Å². The second-order valence-corrected chi connectivity index (χ2v) is 9.02. The first-order chi connectivity index (χ1) is 16.1. The number of Topliss-reactive ketones (excluding diaryl/α,β-unsaturated/α-hetero) is 1. The van der Waals surface area contributed by atoms with Crippen molar-refractivity contribution in [2.24, 2.45) is 0 Å². The number of anilines is 1. The van der Waals surface area contributed by atoms with E-state index in [1.54, 1.807) is 25.3 Å². The maximum Gasteiger partial charge on any atom is 0.300 e. The molecule has 6 nitrogen and oxygen atoms in total. The van der Waals surface area contributed by atoms with Crippen molar-refractivity contribution in [2.75, 3.05) is 12.0 Å². The number of aliphatic hydroxyl groups is 1. The van der Waals surface area contributed by atoms with Gasteiger partial charge in [0.05, 0.1) is 18.9 Å². The summed E-state index contributed by atoms with van der Waals surface area (Å²) in [5, 5.41) is 11.5. The van der Waals surface area contributed by atoms with Gasteiger partial charge < -0.3 is 14.3 Å². The van der Waals surface area contributed by atoms with Crippen LogP contribution < -0.4 is 9.64 Å². The van der Waals surface area contributed by atoms with Gasteiger partial charge >= 0.3 is 0 Å². The molecule has 1 aromatic heterocycles. The molecule has 1 aliphatic rings. The van der Waals surface area contributed by atoms with E-state index in [-0.39, 0.29) is 17.3 Å². The Balaban J connectivity index is 1.96. The molecule has 176 valence electrons. The molecule has 2 aromatic carbocycles. The van der Waals surface area contributed by atoms with Gasteiger partial charge in [-0.2, -0.15) is 0 Å². The third-order valence-corrected chi connectivity index (χ3v) is 6.48. The van der Waals surface area contributed by atoms with Crippen LogP contribution in [0.2, 0.25) is 0 Å². The number of nitrogens with zero attached hydrogens (tertiary/aromatic N) is 1. The average Bonchev–Trinajstić information content (AvgIpc) is 3.42. The van der Waals surface area contributed by atoms with Crippen LogP contribution in [0.5, 0.6) is 5.75 Å². The summed E-state index contributed by atoms with van der Waals surface area (Å²) in [5.41, 5.74) is 4.75. The summed E-state index contributed by atoms with van der Waals surface area (Å²) in [6.45, 7) is 9.82. The van der Waals surface area contributed by atoms with Crippen LogP contribution in [-0.2, 0) is 9.59 Å². The largest absolute Gasteiger partial charge is 0.507 e. The van der Waals surface area contributed by atoms with Crippen molar-refractivity contribution in [3.05, 3.63) is 87.9 Å². The van der Waals surface area contributed by atoms with Gasteiger partial charge in [0.15, 0.2) is 0 Å². The average molecular weight is 460 g/mol. The fraction of sp³-hybridized carbons (Fsp3) is 0.286. The minimum Gasteiger partial charge on any atom is -0.507 e. The molecule has 1 aliphatic heterocycles. The first kappa shape index (κ1) is 23.4. The van der Waals surface area contributed by atoms with Crippen LogP contribution in [0.4, 0.5) is 5.69 Å². The number of amides is 1. The predicted molar refractivity (Wildman–Crippen MR) is 131 cm³/mol. The van der Waals surface area contributed by atoms with Gasteiger partial charge in [0, 0.05) is 11.3 Å². The van der Waals surface area contributed by atoms with Crippen LogP contribution in [-0.4, -0.2) is 23.9 Å². The summed E-state index contributed by atoms with van der Waals surface area (Å²) in [5.74, 6) is -0.453. The minimum atomic E-state index is -0.888. The number of hydrogen-bond donors (Lipinski definition) is 1. The fourth-order valence-corrected chi connectivity index (χ4v) is 4.42. The van der Waals surface area contributed by atoms with Gasteiger partial charge in [-0.25, -0.2) is 0 Å². The summed E-state index contributed by atoms with van der Waals surface area (Å²) in [4.78, 5) is 28.0. The zero-order chi connectivity index (χ0) is 24.7. The second-order valence-electron chi connectivity index (χ2n) is 9.02. The number of carbonyl (C=O) groups excluding carboxylic acids is 2. The fourth-order valence-electron chi connectivity index (χ4n) is 4.42. The number of ketones is 1. The first-order valence-electron chi connectivity index (χ1n) is 11.3. The number of ether oxygens (including phenoxy) is 1. The molecule has 0 spiro atoms. The number of aryl methyl sites for hydroxylation is 3. The zero-order valence-electron chi connectivity index (χ0n) is 20.3. The van der Waals surface area contributed by atoms with Crippen molar-refractivity contribution in [2.45, 2.75) is 46.6 Å². The smallest absolute Gasteiger partial charge is 0.300 e. The monoisotopic (exact) mass is 459 g/mol. The molecule has 1 saturated heterocycles. The molecular formula is C28H29NO5. The third-order valence-electron chi connectivity index (χ3n) is 6.48. The van der Waals surface area contributed by atoms with Crippen LogP contribution in [0, 0.1) is 20.8 Å². The molecule has 6 heteroatoms. The van der Waals surface area contributed by atoms with Crippen LogP contribution in [0.15, 0.2) is 58.7 Å². The van der Waals surface area contributed by atoms with Crippen LogP contribution in [0.3, 0.4) is 0 Å². The molecule has 2 heterocycles. The van der Waals surface area contributed by atoms with E-state index in [2.05, 4.69) is 0 Å². The SMILES string of the molecule is COc1cc(C)c(/C(O)=C2\C(=O)C(=O)N(c3ccc(C)c(C)c3)C2c2ccco2)cc1C(C)C. The van der Waals surface area contributed by atoms with Crippen molar-refractivity contribution in [3.63, 3.8) is 0 Å². The Bertz CT molecular complexity index is 1300. The van der Waals surface area contributed by atoms with Gasteiger partial charge in [0.1, 0.15) is 23.3 Å². The lowest BCUT2D eigenvalue weighted by Gasteiger charge is -2.24. The Morgan fingerprint density at radius 3 is 2.35 bits per heavy atom. The highest BCUT2D eigenvalue weighted by atomic mass is 16.5. The lowest BCUT2D eigenvalue weighted by Crippen LogP contribution is -2.29. The lowest BCUT2D eigenvalue weighted by atomic mass is 9.92. The molecule has 0 radical (unpaired) electrons. The molecule has 0 bridgehead atoms. The first-order valence-corrected chi connectivity index (χ1v) is 11.3. The van der Waals surface area contributed by atoms with Crippen molar-refractivity contribution >= 4 is 23.1 Å². The molecule has 34 heavy (non-hydrogen) atoms. The summed E-state index contributed by atoms with van der Waals surface area (Å²) < 4.78 is 11.2. The number of methoxy groups -OCH3 is 1. The number of carbonyl (C=O) groups is 2. The highest BCUT2D eigenvalue weighted by Gasteiger charge is 2.48. The minimum absolute atomic E-state index is 0.00107. The Hall–Kier alpha value is -3.80. The molecule has 0 aliphatic carbocycles. The van der Waals surface area contributed by atoms with Crippen molar-refractivity contribution in [1.82, 2.24) is 0 Å². The normalized spacial score (nSPS) is 17.6. The molecule has 0 saturated carbocycles. The number of rotatable bonds is 5. The molecule has 1 unspecified atom stereocenters. The van der Waals surface area contributed by atoms with Gasteiger partial charge in [-0.15, -0.1) is 0 Å². The molecular weight excluding hydrogens is 430 g/mol. The standard InChI is InChI=1S/C28H29NO5/c1-15(2)20-14-21(18(5)13-23(20)33-6)26(30)24-25(22-8-7-11-34-22)29(28(32)27(24)31)19-10-9-16(3)17(4)12-19/h7-15,25,30H,1-6H3/b26-24+. The van der Waals surface area contributed by atoms with Gasteiger partial charge in [-0.05, 0) is 85.3 Å².